The van der Waals surface area contributed by atoms with Gasteiger partial charge in [-0.15, -0.1) is 0 Å². The van der Waals surface area contributed by atoms with E-state index in [1.54, 1.807) is 0 Å². The van der Waals surface area contributed by atoms with Crippen LogP contribution in [0.3, 0.4) is 0 Å². The highest BCUT2D eigenvalue weighted by molar-refractivity contribution is 6.30. The maximum atomic E-state index is 12.4. The first-order chi connectivity index (χ1) is 13.2. The molecule has 27 heavy (non-hydrogen) atoms. The Morgan fingerprint density at radius 1 is 1.00 bits per heavy atom. The predicted molar refractivity (Wildman–Crippen MR) is 105 cm³/mol. The van der Waals surface area contributed by atoms with Crippen LogP contribution in [0.2, 0.25) is 5.02 Å². The maximum Gasteiger partial charge on any atom is 0.317 e. The van der Waals surface area contributed by atoms with Crippen LogP contribution in [0.1, 0.15) is 5.56 Å². The summed E-state index contributed by atoms with van der Waals surface area (Å²) in [5.41, 5.74) is 2.26. The lowest BCUT2D eigenvalue weighted by atomic mass is 10.1. The molecule has 1 saturated heterocycles. The third-order valence-corrected chi connectivity index (χ3v) is 5.14. The number of halogens is 1. The third kappa shape index (κ3) is 4.22. The second-order valence-corrected chi connectivity index (χ2v) is 7.06. The van der Waals surface area contributed by atoms with Gasteiger partial charge in [0.05, 0.1) is 0 Å². The van der Waals surface area contributed by atoms with Crippen LogP contribution in [0.4, 0.5) is 10.5 Å². The number of benzene rings is 2. The molecule has 2 heterocycles. The number of nitrogens with one attached hydrogen (secondary N) is 1. The molecule has 0 atom stereocenters. The molecule has 2 aromatic rings. The first kappa shape index (κ1) is 17.8. The Bertz CT molecular complexity index is 805. The summed E-state index contributed by atoms with van der Waals surface area (Å²) in [5.74, 6) is 1.58. The molecule has 0 radical (unpaired) electrons. The Balaban J connectivity index is 1.23. The number of carbonyl (C=O) groups excluding carboxylic acids is 1. The van der Waals surface area contributed by atoms with Crippen LogP contribution in [0.25, 0.3) is 0 Å². The Kier molecular flexibility index (Phi) is 5.25. The number of rotatable bonds is 4. The quantitative estimate of drug-likeness (QED) is 0.875. The molecule has 2 aliphatic heterocycles. The number of carbonyl (C=O) groups is 1. The highest BCUT2D eigenvalue weighted by Gasteiger charge is 2.22. The summed E-state index contributed by atoms with van der Waals surface area (Å²) in [6.07, 6.45) is 0.792. The number of piperazine rings is 1. The van der Waals surface area contributed by atoms with Gasteiger partial charge in [0.15, 0.2) is 11.5 Å². The number of hydrogen-bond donors (Lipinski definition) is 1. The van der Waals surface area contributed by atoms with Crippen molar-refractivity contribution >= 4 is 23.3 Å². The summed E-state index contributed by atoms with van der Waals surface area (Å²) < 4.78 is 10.8. The number of ether oxygens (including phenoxy) is 2. The fourth-order valence-electron chi connectivity index (χ4n) is 3.33. The maximum absolute atomic E-state index is 12.4. The fraction of sp³-hybridized carbons (Fsp3) is 0.350. The number of hydrogen-bond acceptors (Lipinski definition) is 4. The van der Waals surface area contributed by atoms with Crippen LogP contribution >= 0.6 is 11.6 Å². The summed E-state index contributed by atoms with van der Waals surface area (Å²) in [6.45, 7) is 3.88. The molecule has 0 saturated carbocycles. The summed E-state index contributed by atoms with van der Waals surface area (Å²) in [4.78, 5) is 16.5. The zero-order valence-corrected chi connectivity index (χ0v) is 15.7. The summed E-state index contributed by atoms with van der Waals surface area (Å²) in [7, 11) is 0. The van der Waals surface area contributed by atoms with E-state index in [0.29, 0.717) is 19.6 Å². The first-order valence-electron chi connectivity index (χ1n) is 9.11. The van der Waals surface area contributed by atoms with Gasteiger partial charge < -0.3 is 24.6 Å². The monoisotopic (exact) mass is 387 g/mol. The number of anilines is 1. The second-order valence-electron chi connectivity index (χ2n) is 6.62. The standard InChI is InChI=1S/C20H22ClN3O3/c21-16-3-1-15(2-4-16)7-8-22-20(25)24-11-9-23(10-12-24)17-5-6-18-19(13-17)27-14-26-18/h1-6,13H,7-12,14H2,(H,22,25). The van der Waals surface area contributed by atoms with Crippen LogP contribution in [0.5, 0.6) is 11.5 Å². The van der Waals surface area contributed by atoms with E-state index >= 15 is 0 Å². The van der Waals surface area contributed by atoms with Gasteiger partial charge in [-0.1, -0.05) is 23.7 Å². The molecule has 1 fully saturated rings. The van der Waals surface area contributed by atoms with Crippen molar-refractivity contribution in [2.45, 2.75) is 6.42 Å². The van der Waals surface area contributed by atoms with Gasteiger partial charge >= 0.3 is 6.03 Å². The lowest BCUT2D eigenvalue weighted by Gasteiger charge is -2.36. The fourth-order valence-corrected chi connectivity index (χ4v) is 3.45. The van der Waals surface area contributed by atoms with E-state index in [2.05, 4.69) is 10.2 Å². The minimum atomic E-state index is -0.00528. The van der Waals surface area contributed by atoms with Crippen LogP contribution in [0.15, 0.2) is 42.5 Å². The second kappa shape index (κ2) is 7.96. The lowest BCUT2D eigenvalue weighted by molar-refractivity contribution is 0.174. The number of urea groups is 1. The topological polar surface area (TPSA) is 54.0 Å². The molecule has 142 valence electrons. The van der Waals surface area contributed by atoms with Crippen molar-refractivity contribution < 1.29 is 14.3 Å². The van der Waals surface area contributed by atoms with E-state index in [0.717, 1.165) is 47.3 Å². The van der Waals surface area contributed by atoms with E-state index < -0.39 is 0 Å². The molecule has 0 unspecified atom stereocenters. The average molecular weight is 388 g/mol. The van der Waals surface area contributed by atoms with Gasteiger partial charge in [-0.3, -0.25) is 0 Å². The molecular weight excluding hydrogens is 366 g/mol. The molecule has 7 heteroatoms. The van der Waals surface area contributed by atoms with Gasteiger partial charge in [0, 0.05) is 49.5 Å². The van der Waals surface area contributed by atoms with Crippen molar-refractivity contribution in [3.05, 3.63) is 53.1 Å². The molecule has 2 aliphatic rings. The minimum Gasteiger partial charge on any atom is -0.454 e. The van der Waals surface area contributed by atoms with Crippen molar-refractivity contribution in [2.75, 3.05) is 44.4 Å². The van der Waals surface area contributed by atoms with Gasteiger partial charge in [0.2, 0.25) is 6.79 Å². The van der Waals surface area contributed by atoms with Gasteiger partial charge in [0.25, 0.3) is 0 Å². The van der Waals surface area contributed by atoms with Crippen LogP contribution in [-0.4, -0.2) is 50.4 Å². The Morgan fingerprint density at radius 3 is 2.52 bits per heavy atom. The Hall–Kier alpha value is -2.60. The van der Waals surface area contributed by atoms with Crippen molar-refractivity contribution in [1.29, 1.82) is 0 Å². The largest absolute Gasteiger partial charge is 0.454 e. The SMILES string of the molecule is O=C(NCCc1ccc(Cl)cc1)N1CCN(c2ccc3c(c2)OCO3)CC1. The van der Waals surface area contributed by atoms with Crippen LogP contribution in [0, 0.1) is 0 Å². The zero-order chi connectivity index (χ0) is 18.6. The highest BCUT2D eigenvalue weighted by atomic mass is 35.5. The summed E-state index contributed by atoms with van der Waals surface area (Å²) in [5, 5.41) is 3.73. The predicted octanol–water partition coefficient (Wildman–Crippen LogP) is 3.14. The van der Waals surface area contributed by atoms with Crippen molar-refractivity contribution in [1.82, 2.24) is 10.2 Å². The van der Waals surface area contributed by atoms with E-state index in [1.807, 2.05) is 47.4 Å². The van der Waals surface area contributed by atoms with Crippen molar-refractivity contribution in [3.8, 4) is 11.5 Å². The van der Waals surface area contributed by atoms with E-state index in [9.17, 15) is 4.79 Å². The lowest BCUT2D eigenvalue weighted by Crippen LogP contribution is -2.52. The van der Waals surface area contributed by atoms with Crippen molar-refractivity contribution in [2.24, 2.45) is 0 Å². The van der Waals surface area contributed by atoms with Crippen molar-refractivity contribution in [3.63, 3.8) is 0 Å². The first-order valence-corrected chi connectivity index (χ1v) is 9.49. The molecule has 0 spiro atoms. The normalized spacial score (nSPS) is 15.7. The van der Waals surface area contributed by atoms with Crippen LogP contribution in [-0.2, 0) is 6.42 Å². The summed E-state index contributed by atoms with van der Waals surface area (Å²) >= 11 is 5.89. The molecule has 0 aromatic heterocycles. The molecular formula is C20H22ClN3O3. The Morgan fingerprint density at radius 2 is 1.74 bits per heavy atom. The molecule has 6 nitrogen and oxygen atoms in total. The molecule has 0 bridgehead atoms. The third-order valence-electron chi connectivity index (χ3n) is 4.89. The smallest absolute Gasteiger partial charge is 0.317 e. The Labute approximate surface area is 163 Å². The minimum absolute atomic E-state index is 0.00528. The van der Waals surface area contributed by atoms with Gasteiger partial charge in [-0.25, -0.2) is 4.79 Å². The zero-order valence-electron chi connectivity index (χ0n) is 15.0. The molecule has 0 aliphatic carbocycles. The number of fused-ring (bicyclic) bond motifs is 1. The molecule has 2 aromatic carbocycles. The average Bonchev–Trinajstić information content (AvgIpc) is 3.17. The summed E-state index contributed by atoms with van der Waals surface area (Å²) in [6, 6.07) is 13.7. The van der Waals surface area contributed by atoms with Gasteiger partial charge in [-0.05, 0) is 36.2 Å². The van der Waals surface area contributed by atoms with Gasteiger partial charge in [-0.2, -0.15) is 0 Å². The van der Waals surface area contributed by atoms with E-state index in [4.69, 9.17) is 21.1 Å². The van der Waals surface area contributed by atoms with Gasteiger partial charge in [0.1, 0.15) is 0 Å². The molecule has 2 amide bonds. The highest BCUT2D eigenvalue weighted by Crippen LogP contribution is 2.35. The van der Waals surface area contributed by atoms with Crippen LogP contribution < -0.4 is 19.7 Å². The number of amides is 2. The molecule has 1 N–H and O–H groups in total. The molecule has 4 rings (SSSR count). The van der Waals surface area contributed by atoms with E-state index in [1.165, 1.54) is 0 Å². The number of nitrogens with zero attached hydrogens (tertiary/aromatic N) is 2. The van der Waals surface area contributed by atoms with E-state index in [-0.39, 0.29) is 12.8 Å².